The summed E-state index contributed by atoms with van der Waals surface area (Å²) in [4.78, 5) is 16.0. The highest BCUT2D eigenvalue weighted by atomic mass is 35.5. The molecule has 0 unspecified atom stereocenters. The van der Waals surface area contributed by atoms with Gasteiger partial charge in [0.15, 0.2) is 0 Å². The van der Waals surface area contributed by atoms with Crippen LogP contribution < -0.4 is 0 Å². The molecule has 0 saturated carbocycles. The summed E-state index contributed by atoms with van der Waals surface area (Å²) in [6, 6.07) is 3.72. The van der Waals surface area contributed by atoms with E-state index < -0.39 is 0 Å². The maximum atomic E-state index is 12.0. The lowest BCUT2D eigenvalue weighted by atomic mass is 10.0. The molecule has 0 saturated heterocycles. The monoisotopic (exact) mass is 263 g/mol. The predicted molar refractivity (Wildman–Crippen MR) is 69.6 cm³/mol. The Balaban J connectivity index is 2.08. The summed E-state index contributed by atoms with van der Waals surface area (Å²) >= 11 is 6.10. The molecule has 0 atom stereocenters. The van der Waals surface area contributed by atoms with Gasteiger partial charge in [-0.3, -0.25) is 14.5 Å². The van der Waals surface area contributed by atoms with Crippen molar-refractivity contribution in [2.24, 2.45) is 7.05 Å². The third-order valence-corrected chi connectivity index (χ3v) is 3.24. The van der Waals surface area contributed by atoms with Gasteiger partial charge in [0.1, 0.15) is 10.9 Å². The van der Waals surface area contributed by atoms with Crippen LogP contribution in [0, 0.1) is 6.92 Å². The fourth-order valence-electron chi connectivity index (χ4n) is 1.86. The minimum absolute atomic E-state index is 0.112. The first kappa shape index (κ1) is 12.8. The molecule has 4 nitrogen and oxygen atoms in total. The van der Waals surface area contributed by atoms with E-state index in [2.05, 4.69) is 10.1 Å². The minimum atomic E-state index is 0.112. The van der Waals surface area contributed by atoms with Crippen molar-refractivity contribution in [3.8, 4) is 0 Å². The molecule has 0 spiro atoms. The molecule has 0 aliphatic heterocycles. The Morgan fingerprint density at radius 3 is 2.78 bits per heavy atom. The Morgan fingerprint density at radius 2 is 2.22 bits per heavy atom. The van der Waals surface area contributed by atoms with Crippen LogP contribution in [-0.2, 0) is 24.7 Å². The summed E-state index contributed by atoms with van der Waals surface area (Å²) < 4.78 is 1.59. The number of nitrogens with zero attached hydrogens (tertiary/aromatic N) is 3. The zero-order chi connectivity index (χ0) is 13.1. The molecule has 2 aromatic rings. The second-order valence-electron chi connectivity index (χ2n) is 4.23. The largest absolute Gasteiger partial charge is 0.299 e. The van der Waals surface area contributed by atoms with Crippen molar-refractivity contribution in [1.29, 1.82) is 0 Å². The molecule has 0 N–H and O–H groups in total. The van der Waals surface area contributed by atoms with Crippen LogP contribution >= 0.6 is 11.6 Å². The molecule has 0 radical (unpaired) electrons. The van der Waals surface area contributed by atoms with E-state index >= 15 is 0 Å². The Labute approximate surface area is 111 Å². The Morgan fingerprint density at radius 1 is 1.44 bits per heavy atom. The molecule has 2 aromatic heterocycles. The number of rotatable bonds is 4. The molecule has 2 rings (SSSR count). The van der Waals surface area contributed by atoms with Crippen LogP contribution in [-0.4, -0.2) is 20.5 Å². The molecule has 0 aliphatic carbocycles. The first-order valence-electron chi connectivity index (χ1n) is 5.66. The molecule has 5 heteroatoms. The average Bonchev–Trinajstić information content (AvgIpc) is 2.57. The lowest BCUT2D eigenvalue weighted by molar-refractivity contribution is -0.117. The molecule has 94 valence electrons. The first-order chi connectivity index (χ1) is 8.58. The fourth-order valence-corrected chi connectivity index (χ4v) is 2.11. The first-order valence-corrected chi connectivity index (χ1v) is 6.04. The number of Topliss-reactive ketones (excluding diaryl/α,β-unsaturated/α-hetero) is 1. The molecule has 0 aliphatic rings. The van der Waals surface area contributed by atoms with E-state index in [0.29, 0.717) is 18.0 Å². The average molecular weight is 264 g/mol. The van der Waals surface area contributed by atoms with Gasteiger partial charge in [0, 0.05) is 37.8 Å². The molecular weight excluding hydrogens is 250 g/mol. The van der Waals surface area contributed by atoms with Crippen molar-refractivity contribution < 1.29 is 4.79 Å². The molecule has 2 heterocycles. The van der Waals surface area contributed by atoms with Crippen LogP contribution in [0.5, 0.6) is 0 Å². The van der Waals surface area contributed by atoms with Crippen LogP contribution in [0.15, 0.2) is 24.5 Å². The number of hydrogen-bond acceptors (Lipinski definition) is 3. The topological polar surface area (TPSA) is 47.8 Å². The van der Waals surface area contributed by atoms with Crippen molar-refractivity contribution >= 4 is 17.4 Å². The normalized spacial score (nSPS) is 10.6. The van der Waals surface area contributed by atoms with Crippen molar-refractivity contribution in [2.75, 3.05) is 0 Å². The van der Waals surface area contributed by atoms with E-state index in [1.807, 2.05) is 19.1 Å². The summed E-state index contributed by atoms with van der Waals surface area (Å²) in [6.07, 6.45) is 4.08. The SMILES string of the molecule is Cc1nn(C)c(Cl)c1CC(=O)Cc1cccnc1. The van der Waals surface area contributed by atoms with Crippen LogP contribution in [0.4, 0.5) is 0 Å². The Bertz CT molecular complexity index is 563. The number of ketones is 1. The lowest BCUT2D eigenvalue weighted by Crippen LogP contribution is -2.07. The maximum Gasteiger partial charge on any atom is 0.141 e. The van der Waals surface area contributed by atoms with E-state index in [-0.39, 0.29) is 5.78 Å². The van der Waals surface area contributed by atoms with Gasteiger partial charge in [0.05, 0.1) is 5.69 Å². The van der Waals surface area contributed by atoms with Crippen molar-refractivity contribution in [2.45, 2.75) is 19.8 Å². The van der Waals surface area contributed by atoms with E-state index in [4.69, 9.17) is 11.6 Å². The number of aromatic nitrogens is 3. The number of halogens is 1. The molecule has 0 fully saturated rings. The number of aryl methyl sites for hydroxylation is 2. The zero-order valence-corrected chi connectivity index (χ0v) is 11.1. The van der Waals surface area contributed by atoms with E-state index in [0.717, 1.165) is 16.8 Å². The van der Waals surface area contributed by atoms with Gasteiger partial charge >= 0.3 is 0 Å². The standard InChI is InChI=1S/C13H14ClN3O/c1-9-12(13(14)17(2)16-9)7-11(18)6-10-4-3-5-15-8-10/h3-5,8H,6-7H2,1-2H3. The number of pyridine rings is 1. The van der Waals surface area contributed by atoms with Gasteiger partial charge in [-0.25, -0.2) is 0 Å². The van der Waals surface area contributed by atoms with Gasteiger partial charge < -0.3 is 0 Å². The van der Waals surface area contributed by atoms with Crippen LogP contribution in [0.2, 0.25) is 5.15 Å². The van der Waals surface area contributed by atoms with Crippen molar-refractivity contribution in [3.05, 3.63) is 46.5 Å². The lowest BCUT2D eigenvalue weighted by Gasteiger charge is -2.01. The molecule has 0 amide bonds. The number of carbonyl (C=O) groups is 1. The summed E-state index contributed by atoms with van der Waals surface area (Å²) in [5.74, 6) is 0.112. The zero-order valence-electron chi connectivity index (χ0n) is 10.4. The molecular formula is C13H14ClN3O. The summed E-state index contributed by atoms with van der Waals surface area (Å²) in [5, 5.41) is 4.73. The van der Waals surface area contributed by atoms with Gasteiger partial charge in [-0.15, -0.1) is 0 Å². The van der Waals surface area contributed by atoms with Gasteiger partial charge in [-0.2, -0.15) is 5.10 Å². The predicted octanol–water partition coefficient (Wildman–Crippen LogP) is 2.13. The highest BCUT2D eigenvalue weighted by molar-refractivity contribution is 6.30. The van der Waals surface area contributed by atoms with E-state index in [1.54, 1.807) is 24.1 Å². The van der Waals surface area contributed by atoms with E-state index in [9.17, 15) is 4.79 Å². The van der Waals surface area contributed by atoms with Crippen LogP contribution in [0.25, 0.3) is 0 Å². The molecule has 0 bridgehead atoms. The van der Waals surface area contributed by atoms with Crippen molar-refractivity contribution in [3.63, 3.8) is 0 Å². The summed E-state index contributed by atoms with van der Waals surface area (Å²) in [5.41, 5.74) is 2.54. The second-order valence-corrected chi connectivity index (χ2v) is 4.59. The Kier molecular flexibility index (Phi) is 3.77. The third-order valence-electron chi connectivity index (χ3n) is 2.77. The van der Waals surface area contributed by atoms with Gasteiger partial charge in [-0.05, 0) is 18.6 Å². The summed E-state index contributed by atoms with van der Waals surface area (Å²) in [6.45, 7) is 1.86. The highest BCUT2D eigenvalue weighted by Crippen LogP contribution is 2.19. The summed E-state index contributed by atoms with van der Waals surface area (Å²) in [7, 11) is 1.77. The van der Waals surface area contributed by atoms with Crippen molar-refractivity contribution in [1.82, 2.24) is 14.8 Å². The van der Waals surface area contributed by atoms with Gasteiger partial charge in [0.25, 0.3) is 0 Å². The third kappa shape index (κ3) is 2.76. The minimum Gasteiger partial charge on any atom is -0.299 e. The second kappa shape index (κ2) is 5.31. The molecule has 0 aromatic carbocycles. The van der Waals surface area contributed by atoms with Gasteiger partial charge in [0.2, 0.25) is 0 Å². The number of carbonyl (C=O) groups excluding carboxylic acids is 1. The maximum absolute atomic E-state index is 12.0. The van der Waals surface area contributed by atoms with E-state index in [1.165, 1.54) is 0 Å². The number of hydrogen-bond donors (Lipinski definition) is 0. The highest BCUT2D eigenvalue weighted by Gasteiger charge is 2.15. The van der Waals surface area contributed by atoms with Crippen LogP contribution in [0.3, 0.4) is 0 Å². The van der Waals surface area contributed by atoms with Gasteiger partial charge in [-0.1, -0.05) is 17.7 Å². The fraction of sp³-hybridized carbons (Fsp3) is 0.308. The molecule has 18 heavy (non-hydrogen) atoms. The smallest absolute Gasteiger partial charge is 0.141 e. The Hall–Kier alpha value is -1.68. The van der Waals surface area contributed by atoms with Crippen LogP contribution in [0.1, 0.15) is 16.8 Å². The quantitative estimate of drug-likeness (QED) is 0.849.